The molecule has 0 fully saturated rings. The van der Waals surface area contributed by atoms with Crippen LogP contribution in [-0.2, 0) is 4.74 Å². The molecule has 0 bridgehead atoms. The standard InChI is InChI=1S/C13H17NO2/c1-9(6-7-14)11-4-5-12(10(2)8-11)13(15)16-3/h4-5,8H,1,6-7,14H2,2-3H3. The molecule has 2 N–H and O–H groups in total. The molecule has 16 heavy (non-hydrogen) atoms. The zero-order valence-electron chi connectivity index (χ0n) is 9.75. The van der Waals surface area contributed by atoms with E-state index in [9.17, 15) is 4.79 Å². The first-order valence-electron chi connectivity index (χ1n) is 5.17. The molecule has 0 atom stereocenters. The summed E-state index contributed by atoms with van der Waals surface area (Å²) in [5.74, 6) is -0.312. The van der Waals surface area contributed by atoms with Gasteiger partial charge < -0.3 is 10.5 Å². The second kappa shape index (κ2) is 5.47. The van der Waals surface area contributed by atoms with E-state index in [4.69, 9.17) is 5.73 Å². The van der Waals surface area contributed by atoms with Gasteiger partial charge in [-0.1, -0.05) is 18.7 Å². The summed E-state index contributed by atoms with van der Waals surface area (Å²) in [6.07, 6.45) is 0.761. The lowest BCUT2D eigenvalue weighted by Gasteiger charge is -2.08. The summed E-state index contributed by atoms with van der Waals surface area (Å²) in [5.41, 5.74) is 8.96. The summed E-state index contributed by atoms with van der Waals surface area (Å²) >= 11 is 0. The normalized spacial score (nSPS) is 9.94. The minimum atomic E-state index is -0.312. The molecule has 0 saturated carbocycles. The molecule has 0 radical (unpaired) electrons. The molecule has 0 aliphatic carbocycles. The molecule has 0 spiro atoms. The summed E-state index contributed by atoms with van der Waals surface area (Å²) in [5, 5.41) is 0. The van der Waals surface area contributed by atoms with Gasteiger partial charge in [0.25, 0.3) is 0 Å². The fourth-order valence-corrected chi connectivity index (χ4v) is 1.54. The Labute approximate surface area is 95.9 Å². The number of carbonyl (C=O) groups is 1. The molecular weight excluding hydrogens is 202 g/mol. The van der Waals surface area contributed by atoms with Gasteiger partial charge in [-0.05, 0) is 42.7 Å². The van der Waals surface area contributed by atoms with Crippen LogP contribution in [0.2, 0.25) is 0 Å². The Bertz CT molecular complexity index is 410. The van der Waals surface area contributed by atoms with E-state index in [0.717, 1.165) is 23.1 Å². The third-order valence-corrected chi connectivity index (χ3v) is 2.49. The molecule has 1 aromatic rings. The Morgan fingerprint density at radius 2 is 2.19 bits per heavy atom. The second-order valence-corrected chi connectivity index (χ2v) is 3.66. The fourth-order valence-electron chi connectivity index (χ4n) is 1.54. The molecule has 0 saturated heterocycles. The molecule has 0 amide bonds. The number of ether oxygens (including phenoxy) is 1. The average molecular weight is 219 g/mol. The maximum atomic E-state index is 11.4. The van der Waals surface area contributed by atoms with Crippen LogP contribution in [0.5, 0.6) is 0 Å². The quantitative estimate of drug-likeness (QED) is 0.789. The number of aryl methyl sites for hydroxylation is 1. The van der Waals surface area contributed by atoms with Crippen molar-refractivity contribution in [2.24, 2.45) is 5.73 Å². The molecule has 0 unspecified atom stereocenters. The van der Waals surface area contributed by atoms with Crippen LogP contribution >= 0.6 is 0 Å². The van der Waals surface area contributed by atoms with Crippen molar-refractivity contribution in [2.45, 2.75) is 13.3 Å². The predicted molar refractivity (Wildman–Crippen MR) is 65.2 cm³/mol. The van der Waals surface area contributed by atoms with Gasteiger partial charge in [-0.3, -0.25) is 0 Å². The third-order valence-electron chi connectivity index (χ3n) is 2.49. The molecule has 3 heteroatoms. The van der Waals surface area contributed by atoms with E-state index >= 15 is 0 Å². The van der Waals surface area contributed by atoms with Gasteiger partial charge in [-0.25, -0.2) is 4.79 Å². The monoisotopic (exact) mass is 219 g/mol. The maximum absolute atomic E-state index is 11.4. The molecule has 1 rings (SSSR count). The molecule has 0 aliphatic rings. The average Bonchev–Trinajstić information content (AvgIpc) is 2.28. The van der Waals surface area contributed by atoms with E-state index in [1.807, 2.05) is 19.1 Å². The van der Waals surface area contributed by atoms with Gasteiger partial charge >= 0.3 is 5.97 Å². The Balaban J connectivity index is 2.99. The van der Waals surface area contributed by atoms with Crippen molar-refractivity contribution >= 4 is 11.5 Å². The van der Waals surface area contributed by atoms with Gasteiger partial charge in [0.1, 0.15) is 0 Å². The lowest BCUT2D eigenvalue weighted by atomic mass is 9.99. The number of benzene rings is 1. The largest absolute Gasteiger partial charge is 0.465 e. The smallest absolute Gasteiger partial charge is 0.338 e. The Hall–Kier alpha value is -1.61. The first-order chi connectivity index (χ1) is 7.60. The highest BCUT2D eigenvalue weighted by atomic mass is 16.5. The van der Waals surface area contributed by atoms with E-state index in [1.54, 1.807) is 6.07 Å². The van der Waals surface area contributed by atoms with Crippen molar-refractivity contribution in [2.75, 3.05) is 13.7 Å². The van der Waals surface area contributed by atoms with Crippen LogP contribution in [0.3, 0.4) is 0 Å². The van der Waals surface area contributed by atoms with Crippen molar-refractivity contribution < 1.29 is 9.53 Å². The van der Waals surface area contributed by atoms with Crippen LogP contribution in [0.25, 0.3) is 5.57 Å². The molecule has 0 heterocycles. The topological polar surface area (TPSA) is 52.3 Å². The van der Waals surface area contributed by atoms with Gasteiger partial charge in [-0.15, -0.1) is 0 Å². The summed E-state index contributed by atoms with van der Waals surface area (Å²) in [6.45, 7) is 6.41. The molecular formula is C13H17NO2. The zero-order chi connectivity index (χ0) is 12.1. The van der Waals surface area contributed by atoms with Crippen molar-refractivity contribution in [1.29, 1.82) is 0 Å². The van der Waals surface area contributed by atoms with Crippen molar-refractivity contribution in [3.8, 4) is 0 Å². The van der Waals surface area contributed by atoms with Crippen LogP contribution in [0.4, 0.5) is 0 Å². The van der Waals surface area contributed by atoms with Crippen LogP contribution in [0, 0.1) is 6.92 Å². The minimum absolute atomic E-state index is 0.312. The molecule has 3 nitrogen and oxygen atoms in total. The molecule has 0 aliphatic heterocycles. The maximum Gasteiger partial charge on any atom is 0.338 e. The lowest BCUT2D eigenvalue weighted by Crippen LogP contribution is -2.04. The van der Waals surface area contributed by atoms with Gasteiger partial charge in [-0.2, -0.15) is 0 Å². The van der Waals surface area contributed by atoms with Crippen LogP contribution in [-0.4, -0.2) is 19.6 Å². The molecule has 1 aromatic carbocycles. The van der Waals surface area contributed by atoms with Gasteiger partial charge in [0, 0.05) is 0 Å². The second-order valence-electron chi connectivity index (χ2n) is 3.66. The fraction of sp³-hybridized carbons (Fsp3) is 0.308. The van der Waals surface area contributed by atoms with Gasteiger partial charge in [0.05, 0.1) is 12.7 Å². The van der Waals surface area contributed by atoms with E-state index in [0.29, 0.717) is 12.1 Å². The van der Waals surface area contributed by atoms with E-state index in [-0.39, 0.29) is 5.97 Å². The van der Waals surface area contributed by atoms with Gasteiger partial charge in [0.15, 0.2) is 0 Å². The number of hydrogen-bond acceptors (Lipinski definition) is 3. The highest BCUT2D eigenvalue weighted by molar-refractivity contribution is 5.91. The zero-order valence-corrected chi connectivity index (χ0v) is 9.75. The molecule has 86 valence electrons. The summed E-state index contributed by atoms with van der Waals surface area (Å²) in [7, 11) is 1.38. The number of carbonyl (C=O) groups excluding carboxylic acids is 1. The van der Waals surface area contributed by atoms with E-state index < -0.39 is 0 Å². The number of rotatable bonds is 4. The molecule has 0 aromatic heterocycles. The predicted octanol–water partition coefficient (Wildman–Crippen LogP) is 2.14. The van der Waals surface area contributed by atoms with Crippen molar-refractivity contribution in [3.05, 3.63) is 41.5 Å². The number of hydrogen-bond donors (Lipinski definition) is 1. The van der Waals surface area contributed by atoms with Crippen LogP contribution in [0.15, 0.2) is 24.8 Å². The van der Waals surface area contributed by atoms with E-state index in [1.165, 1.54) is 7.11 Å². The van der Waals surface area contributed by atoms with Crippen molar-refractivity contribution in [1.82, 2.24) is 0 Å². The first-order valence-corrected chi connectivity index (χ1v) is 5.17. The first kappa shape index (κ1) is 12.5. The minimum Gasteiger partial charge on any atom is -0.465 e. The Morgan fingerprint density at radius 1 is 1.50 bits per heavy atom. The number of esters is 1. The summed E-state index contributed by atoms with van der Waals surface area (Å²) in [4.78, 5) is 11.4. The summed E-state index contributed by atoms with van der Waals surface area (Å²) in [6, 6.07) is 5.57. The Kier molecular flexibility index (Phi) is 4.26. The Morgan fingerprint density at radius 3 is 2.69 bits per heavy atom. The van der Waals surface area contributed by atoms with E-state index in [2.05, 4.69) is 11.3 Å². The van der Waals surface area contributed by atoms with Gasteiger partial charge in [0.2, 0.25) is 0 Å². The summed E-state index contributed by atoms with van der Waals surface area (Å²) < 4.78 is 4.68. The lowest BCUT2D eigenvalue weighted by molar-refractivity contribution is 0.0600. The third kappa shape index (κ3) is 2.70. The number of methoxy groups -OCH3 is 1. The van der Waals surface area contributed by atoms with Crippen LogP contribution in [0.1, 0.15) is 27.9 Å². The highest BCUT2D eigenvalue weighted by Crippen LogP contribution is 2.19. The van der Waals surface area contributed by atoms with Crippen LogP contribution < -0.4 is 5.73 Å². The number of nitrogens with two attached hydrogens (primary N) is 1. The highest BCUT2D eigenvalue weighted by Gasteiger charge is 2.09. The SMILES string of the molecule is C=C(CCN)c1ccc(C(=O)OC)c(C)c1. The van der Waals surface area contributed by atoms with Crippen molar-refractivity contribution in [3.63, 3.8) is 0 Å².